The Kier molecular flexibility index (Phi) is 47.2. The number of hydrogen-bond donors (Lipinski definition) is 2. The zero-order valence-electron chi connectivity index (χ0n) is 39.2. The van der Waals surface area contributed by atoms with Gasteiger partial charge in [0.05, 0.1) is 19.8 Å². The number of allylic oxidation sites excluding steroid dienone is 8. The SMILES string of the molecule is CCCCCCC/C=C\C/C=C\C/C=C\CCCCCCCCCCCCCOCC(COP(=O)(O)OCCN)OC(=O)CCCCCCC/C=C\CCCCCCCC. The zero-order valence-corrected chi connectivity index (χ0v) is 40.1. The first-order valence-electron chi connectivity index (χ1n) is 25.1. The van der Waals surface area contributed by atoms with E-state index < -0.39 is 13.9 Å². The maximum absolute atomic E-state index is 12.6. The third-order valence-corrected chi connectivity index (χ3v) is 11.7. The van der Waals surface area contributed by atoms with Crippen LogP contribution in [0.15, 0.2) is 48.6 Å². The molecular formula is C51H96NO7P. The number of phosphoric acid groups is 1. The Hall–Kier alpha value is -1.54. The van der Waals surface area contributed by atoms with E-state index in [2.05, 4.69) is 62.5 Å². The zero-order chi connectivity index (χ0) is 43.7. The molecule has 0 aliphatic rings. The first-order valence-corrected chi connectivity index (χ1v) is 26.6. The van der Waals surface area contributed by atoms with Crippen LogP contribution in [0.4, 0.5) is 0 Å². The van der Waals surface area contributed by atoms with Crippen molar-refractivity contribution in [3.05, 3.63) is 48.6 Å². The van der Waals surface area contributed by atoms with E-state index in [0.29, 0.717) is 13.0 Å². The molecule has 0 aromatic heterocycles. The van der Waals surface area contributed by atoms with Crippen LogP contribution in [0.5, 0.6) is 0 Å². The summed E-state index contributed by atoms with van der Waals surface area (Å²) in [6, 6.07) is 0. The van der Waals surface area contributed by atoms with Crippen molar-refractivity contribution >= 4 is 13.8 Å². The molecule has 0 fully saturated rings. The molecule has 0 aliphatic carbocycles. The molecular weight excluding hydrogens is 770 g/mol. The van der Waals surface area contributed by atoms with Gasteiger partial charge in [0, 0.05) is 19.6 Å². The fourth-order valence-corrected chi connectivity index (χ4v) is 7.76. The summed E-state index contributed by atoms with van der Waals surface area (Å²) in [4.78, 5) is 22.5. The number of hydrogen-bond acceptors (Lipinski definition) is 7. The van der Waals surface area contributed by atoms with Crippen LogP contribution >= 0.6 is 7.82 Å². The highest BCUT2D eigenvalue weighted by Gasteiger charge is 2.25. The van der Waals surface area contributed by atoms with Gasteiger partial charge in [-0.15, -0.1) is 0 Å². The molecule has 2 atom stereocenters. The normalized spacial score (nSPS) is 13.7. The molecule has 0 radical (unpaired) electrons. The van der Waals surface area contributed by atoms with Crippen molar-refractivity contribution in [3.8, 4) is 0 Å². The van der Waals surface area contributed by atoms with Crippen LogP contribution in [0, 0.1) is 0 Å². The van der Waals surface area contributed by atoms with E-state index in [1.807, 2.05) is 0 Å². The second-order valence-corrected chi connectivity index (χ2v) is 18.1. The average molecular weight is 866 g/mol. The Labute approximate surface area is 371 Å². The maximum Gasteiger partial charge on any atom is 0.472 e. The highest BCUT2D eigenvalue weighted by atomic mass is 31.2. The van der Waals surface area contributed by atoms with Gasteiger partial charge in [0.25, 0.3) is 0 Å². The summed E-state index contributed by atoms with van der Waals surface area (Å²) >= 11 is 0. The van der Waals surface area contributed by atoms with E-state index in [-0.39, 0.29) is 32.3 Å². The van der Waals surface area contributed by atoms with E-state index in [1.54, 1.807) is 0 Å². The monoisotopic (exact) mass is 866 g/mol. The van der Waals surface area contributed by atoms with Gasteiger partial charge in [0.1, 0.15) is 6.10 Å². The summed E-state index contributed by atoms with van der Waals surface area (Å²) < 4.78 is 33.5. The van der Waals surface area contributed by atoms with E-state index in [0.717, 1.165) is 57.8 Å². The molecule has 3 N–H and O–H groups in total. The van der Waals surface area contributed by atoms with Crippen LogP contribution < -0.4 is 5.73 Å². The van der Waals surface area contributed by atoms with E-state index >= 15 is 0 Å². The first kappa shape index (κ1) is 58.5. The molecule has 0 bridgehead atoms. The largest absolute Gasteiger partial charge is 0.472 e. The quantitative estimate of drug-likeness (QED) is 0.0269. The van der Waals surface area contributed by atoms with Crippen LogP contribution in [0.25, 0.3) is 0 Å². The molecule has 0 aromatic carbocycles. The summed E-state index contributed by atoms with van der Waals surface area (Å²) in [6.45, 7) is 4.91. The Morgan fingerprint density at radius 2 is 0.883 bits per heavy atom. The lowest BCUT2D eigenvalue weighted by molar-refractivity contribution is -0.154. The van der Waals surface area contributed by atoms with E-state index in [1.165, 1.54) is 154 Å². The molecule has 2 unspecified atom stereocenters. The van der Waals surface area contributed by atoms with Gasteiger partial charge < -0.3 is 20.1 Å². The predicted octanol–water partition coefficient (Wildman–Crippen LogP) is 15.5. The highest BCUT2D eigenvalue weighted by Crippen LogP contribution is 2.43. The third-order valence-electron chi connectivity index (χ3n) is 10.7. The fourth-order valence-electron chi connectivity index (χ4n) is 7.00. The molecule has 0 aliphatic heterocycles. The summed E-state index contributed by atoms with van der Waals surface area (Å²) in [5.41, 5.74) is 5.38. The lowest BCUT2D eigenvalue weighted by Crippen LogP contribution is -2.28. The van der Waals surface area contributed by atoms with Crippen LogP contribution in [-0.2, 0) is 27.9 Å². The predicted molar refractivity (Wildman–Crippen MR) is 256 cm³/mol. The molecule has 0 spiro atoms. The van der Waals surface area contributed by atoms with Gasteiger partial charge in [-0.1, -0.05) is 197 Å². The molecule has 0 aromatic rings. The molecule has 0 saturated carbocycles. The standard InChI is InChI=1S/C51H96NO7P/c1-3-5-7-9-11-13-15-17-19-20-21-22-23-24-25-26-27-28-29-31-33-35-37-39-41-43-46-56-48-50(49-58-60(54,55)57-47-45-52)59-51(53)44-42-40-38-36-34-32-30-18-16-14-12-10-8-6-4-2/h15,17-18,20-21,23-24,30,50H,3-14,16,19,22,25-29,31-49,52H2,1-2H3,(H,54,55)/b17-15-,21-20-,24-23-,30-18-. The van der Waals surface area contributed by atoms with Crippen molar-refractivity contribution in [3.63, 3.8) is 0 Å². The lowest BCUT2D eigenvalue weighted by Gasteiger charge is -2.20. The van der Waals surface area contributed by atoms with Gasteiger partial charge in [0.2, 0.25) is 0 Å². The number of phosphoric ester groups is 1. The fraction of sp³-hybridized carbons (Fsp3) is 0.824. The van der Waals surface area contributed by atoms with Gasteiger partial charge in [-0.3, -0.25) is 13.8 Å². The minimum atomic E-state index is -4.28. The van der Waals surface area contributed by atoms with Crippen molar-refractivity contribution in [2.75, 3.05) is 33.0 Å². The Balaban J connectivity index is 3.93. The average Bonchev–Trinajstić information content (AvgIpc) is 3.24. The van der Waals surface area contributed by atoms with Crippen LogP contribution in [0.3, 0.4) is 0 Å². The van der Waals surface area contributed by atoms with Crippen LogP contribution in [0.2, 0.25) is 0 Å². The lowest BCUT2D eigenvalue weighted by atomic mass is 10.1. The van der Waals surface area contributed by atoms with Gasteiger partial charge >= 0.3 is 13.8 Å². The third kappa shape index (κ3) is 47.5. The molecule has 9 heteroatoms. The van der Waals surface area contributed by atoms with Crippen LogP contribution in [-0.4, -0.2) is 49.9 Å². The number of ether oxygens (including phenoxy) is 2. The number of carbonyl (C=O) groups is 1. The molecule has 0 saturated heterocycles. The molecule has 60 heavy (non-hydrogen) atoms. The van der Waals surface area contributed by atoms with Crippen LogP contribution in [0.1, 0.15) is 232 Å². The minimum Gasteiger partial charge on any atom is -0.457 e. The number of carbonyl (C=O) groups excluding carboxylic acids is 1. The van der Waals surface area contributed by atoms with E-state index in [4.69, 9.17) is 24.3 Å². The highest BCUT2D eigenvalue weighted by molar-refractivity contribution is 7.47. The number of unbranched alkanes of at least 4 members (excludes halogenated alkanes) is 27. The van der Waals surface area contributed by atoms with Crippen molar-refractivity contribution < 1.29 is 32.8 Å². The first-order chi connectivity index (χ1) is 29.4. The second-order valence-electron chi connectivity index (χ2n) is 16.7. The van der Waals surface area contributed by atoms with Gasteiger partial charge in [0.15, 0.2) is 0 Å². The van der Waals surface area contributed by atoms with Crippen molar-refractivity contribution in [2.24, 2.45) is 5.73 Å². The maximum atomic E-state index is 12.6. The number of rotatable bonds is 48. The molecule has 0 rings (SSSR count). The summed E-state index contributed by atoms with van der Waals surface area (Å²) in [7, 11) is -4.28. The van der Waals surface area contributed by atoms with Gasteiger partial charge in [-0.2, -0.15) is 0 Å². The summed E-state index contributed by atoms with van der Waals surface area (Å²) in [5.74, 6) is -0.339. The van der Waals surface area contributed by atoms with E-state index in [9.17, 15) is 14.3 Å². The van der Waals surface area contributed by atoms with Crippen molar-refractivity contribution in [1.82, 2.24) is 0 Å². The topological polar surface area (TPSA) is 117 Å². The second kappa shape index (κ2) is 48.5. The molecule has 8 nitrogen and oxygen atoms in total. The number of nitrogens with two attached hydrogens (primary N) is 1. The van der Waals surface area contributed by atoms with Crippen molar-refractivity contribution in [1.29, 1.82) is 0 Å². The van der Waals surface area contributed by atoms with Gasteiger partial charge in [-0.05, 0) is 77.0 Å². The van der Waals surface area contributed by atoms with Crippen molar-refractivity contribution in [2.45, 2.75) is 238 Å². The molecule has 0 heterocycles. The Bertz CT molecular complexity index is 1060. The smallest absolute Gasteiger partial charge is 0.457 e. The summed E-state index contributed by atoms with van der Waals surface area (Å²) in [5, 5.41) is 0. The Morgan fingerprint density at radius 3 is 1.33 bits per heavy atom. The minimum absolute atomic E-state index is 0.0978. The molecule has 0 amide bonds. The molecule has 352 valence electrons. The summed E-state index contributed by atoms with van der Waals surface area (Å²) in [6.07, 6.45) is 58.6. The Morgan fingerprint density at radius 1 is 0.500 bits per heavy atom. The van der Waals surface area contributed by atoms with Gasteiger partial charge in [-0.25, -0.2) is 4.57 Å². The number of esters is 1.